The predicted molar refractivity (Wildman–Crippen MR) is 47.2 cm³/mol. The largest absolute Gasteiger partial charge is 0.480 e. The summed E-state index contributed by atoms with van der Waals surface area (Å²) in [5.41, 5.74) is 0. The molecule has 0 radical (unpaired) electrons. The standard InChI is InChI=1S/C9H14O4/c1-3-5-6-7(8(10)11)9(12)13-4-2/h5-7H,3-4H2,1-2H3,(H,10,11)/b6-5+. The van der Waals surface area contributed by atoms with Crippen molar-refractivity contribution in [2.75, 3.05) is 6.61 Å². The van der Waals surface area contributed by atoms with E-state index in [1.807, 2.05) is 6.92 Å². The molecule has 4 heteroatoms. The summed E-state index contributed by atoms with van der Waals surface area (Å²) in [5.74, 6) is -3.05. The minimum absolute atomic E-state index is 0.197. The van der Waals surface area contributed by atoms with Crippen molar-refractivity contribution in [2.45, 2.75) is 20.3 Å². The van der Waals surface area contributed by atoms with Crippen LogP contribution in [0.3, 0.4) is 0 Å². The van der Waals surface area contributed by atoms with Gasteiger partial charge < -0.3 is 9.84 Å². The zero-order valence-electron chi connectivity index (χ0n) is 7.82. The van der Waals surface area contributed by atoms with Crippen molar-refractivity contribution in [3.05, 3.63) is 12.2 Å². The van der Waals surface area contributed by atoms with Crippen LogP contribution < -0.4 is 0 Å². The molecule has 0 amide bonds. The molecule has 1 unspecified atom stereocenters. The Bertz CT molecular complexity index is 208. The van der Waals surface area contributed by atoms with E-state index < -0.39 is 17.9 Å². The Morgan fingerprint density at radius 1 is 1.46 bits per heavy atom. The van der Waals surface area contributed by atoms with Crippen molar-refractivity contribution >= 4 is 11.9 Å². The molecule has 0 saturated carbocycles. The average Bonchev–Trinajstić information content (AvgIpc) is 2.05. The van der Waals surface area contributed by atoms with Crippen molar-refractivity contribution in [1.29, 1.82) is 0 Å². The number of hydrogen-bond acceptors (Lipinski definition) is 3. The first-order valence-corrected chi connectivity index (χ1v) is 4.19. The molecule has 0 aliphatic carbocycles. The van der Waals surface area contributed by atoms with Crippen molar-refractivity contribution < 1.29 is 19.4 Å². The summed E-state index contributed by atoms with van der Waals surface area (Å²) in [4.78, 5) is 21.6. The van der Waals surface area contributed by atoms with Gasteiger partial charge in [-0.25, -0.2) is 0 Å². The number of rotatable bonds is 5. The summed E-state index contributed by atoms with van der Waals surface area (Å²) < 4.78 is 4.59. The van der Waals surface area contributed by atoms with Crippen LogP contribution >= 0.6 is 0 Å². The second-order valence-corrected chi connectivity index (χ2v) is 2.40. The fourth-order valence-electron chi connectivity index (χ4n) is 0.766. The normalized spacial score (nSPS) is 12.8. The van der Waals surface area contributed by atoms with Gasteiger partial charge in [0, 0.05) is 0 Å². The molecular formula is C9H14O4. The molecule has 0 rings (SSSR count). The Balaban J connectivity index is 4.33. The topological polar surface area (TPSA) is 63.6 Å². The van der Waals surface area contributed by atoms with Crippen molar-refractivity contribution in [2.24, 2.45) is 5.92 Å². The number of carboxylic acids is 1. The fourth-order valence-corrected chi connectivity index (χ4v) is 0.766. The quantitative estimate of drug-likeness (QED) is 0.398. The minimum Gasteiger partial charge on any atom is -0.480 e. The Morgan fingerprint density at radius 3 is 2.46 bits per heavy atom. The van der Waals surface area contributed by atoms with Gasteiger partial charge in [0.25, 0.3) is 0 Å². The van der Waals surface area contributed by atoms with Gasteiger partial charge in [-0.05, 0) is 13.3 Å². The lowest BCUT2D eigenvalue weighted by Crippen LogP contribution is -2.23. The molecule has 0 spiro atoms. The number of hydrogen-bond donors (Lipinski definition) is 1. The van der Waals surface area contributed by atoms with Gasteiger partial charge in [-0.1, -0.05) is 19.1 Å². The van der Waals surface area contributed by atoms with Crippen LogP contribution in [0.15, 0.2) is 12.2 Å². The molecule has 0 fully saturated rings. The number of aliphatic carboxylic acids is 1. The fraction of sp³-hybridized carbons (Fsp3) is 0.556. The Morgan fingerprint density at radius 2 is 2.08 bits per heavy atom. The highest BCUT2D eigenvalue weighted by atomic mass is 16.5. The molecule has 4 nitrogen and oxygen atoms in total. The van der Waals surface area contributed by atoms with Gasteiger partial charge in [-0.2, -0.15) is 0 Å². The van der Waals surface area contributed by atoms with Crippen molar-refractivity contribution in [3.63, 3.8) is 0 Å². The van der Waals surface area contributed by atoms with Crippen LogP contribution in [0, 0.1) is 5.92 Å². The van der Waals surface area contributed by atoms with E-state index in [0.717, 1.165) is 0 Å². The Hall–Kier alpha value is -1.32. The number of carbonyl (C=O) groups excluding carboxylic acids is 1. The maximum atomic E-state index is 11.0. The maximum Gasteiger partial charge on any atom is 0.324 e. The zero-order valence-corrected chi connectivity index (χ0v) is 7.82. The lowest BCUT2D eigenvalue weighted by atomic mass is 10.1. The summed E-state index contributed by atoms with van der Waals surface area (Å²) in [6, 6.07) is 0. The SMILES string of the molecule is CC/C=C/C(C(=O)O)C(=O)OCC. The average molecular weight is 186 g/mol. The monoisotopic (exact) mass is 186 g/mol. The molecule has 74 valence electrons. The Kier molecular flexibility index (Phi) is 5.59. The Labute approximate surface area is 77.2 Å². The highest BCUT2D eigenvalue weighted by molar-refractivity contribution is 5.95. The molecule has 0 aromatic rings. The van der Waals surface area contributed by atoms with Crippen molar-refractivity contribution in [3.8, 4) is 0 Å². The van der Waals surface area contributed by atoms with Crippen LogP contribution in [0.25, 0.3) is 0 Å². The van der Waals surface area contributed by atoms with E-state index in [1.54, 1.807) is 13.0 Å². The molecule has 0 heterocycles. The number of esters is 1. The van der Waals surface area contributed by atoms with E-state index in [4.69, 9.17) is 5.11 Å². The first kappa shape index (κ1) is 11.7. The van der Waals surface area contributed by atoms with Crippen LogP contribution in [0.5, 0.6) is 0 Å². The van der Waals surface area contributed by atoms with Crippen molar-refractivity contribution in [1.82, 2.24) is 0 Å². The van der Waals surface area contributed by atoms with Gasteiger partial charge in [0.2, 0.25) is 0 Å². The summed E-state index contributed by atoms with van der Waals surface area (Å²) in [6.07, 6.45) is 3.68. The van der Waals surface area contributed by atoms with E-state index in [0.29, 0.717) is 6.42 Å². The second kappa shape index (κ2) is 6.22. The molecule has 0 saturated heterocycles. The molecule has 1 N–H and O–H groups in total. The second-order valence-electron chi connectivity index (χ2n) is 2.40. The van der Waals surface area contributed by atoms with E-state index in [2.05, 4.69) is 4.74 Å². The predicted octanol–water partition coefficient (Wildman–Crippen LogP) is 1.22. The third-order valence-electron chi connectivity index (χ3n) is 1.37. The van der Waals surface area contributed by atoms with Crippen LogP contribution in [-0.2, 0) is 14.3 Å². The smallest absolute Gasteiger partial charge is 0.324 e. The zero-order chi connectivity index (χ0) is 10.3. The molecular weight excluding hydrogens is 172 g/mol. The molecule has 0 aromatic carbocycles. The third kappa shape index (κ3) is 4.30. The van der Waals surface area contributed by atoms with E-state index in [1.165, 1.54) is 6.08 Å². The molecule has 0 aliphatic rings. The molecule has 1 atom stereocenters. The molecule has 0 bridgehead atoms. The summed E-state index contributed by atoms with van der Waals surface area (Å²) in [5, 5.41) is 8.64. The summed E-state index contributed by atoms with van der Waals surface area (Å²) >= 11 is 0. The number of ether oxygens (including phenoxy) is 1. The van der Waals surface area contributed by atoms with E-state index >= 15 is 0 Å². The first-order chi connectivity index (χ1) is 6.13. The molecule has 0 aromatic heterocycles. The van der Waals surface area contributed by atoms with Gasteiger partial charge in [0.1, 0.15) is 0 Å². The van der Waals surface area contributed by atoms with Crippen LogP contribution in [0.1, 0.15) is 20.3 Å². The van der Waals surface area contributed by atoms with E-state index in [-0.39, 0.29) is 6.61 Å². The molecule has 0 aliphatic heterocycles. The minimum atomic E-state index is -1.18. The third-order valence-corrected chi connectivity index (χ3v) is 1.37. The number of carboxylic acid groups (broad SMARTS) is 1. The lowest BCUT2D eigenvalue weighted by Gasteiger charge is -2.05. The molecule has 13 heavy (non-hydrogen) atoms. The van der Waals surface area contributed by atoms with Gasteiger partial charge >= 0.3 is 11.9 Å². The van der Waals surface area contributed by atoms with Gasteiger partial charge in [0.15, 0.2) is 5.92 Å². The van der Waals surface area contributed by atoms with E-state index in [9.17, 15) is 9.59 Å². The summed E-state index contributed by atoms with van der Waals surface area (Å²) in [7, 11) is 0. The lowest BCUT2D eigenvalue weighted by molar-refractivity contribution is -0.155. The number of allylic oxidation sites excluding steroid dienone is 1. The van der Waals surface area contributed by atoms with Gasteiger partial charge in [0.05, 0.1) is 6.61 Å². The first-order valence-electron chi connectivity index (χ1n) is 4.19. The highest BCUT2D eigenvalue weighted by Gasteiger charge is 2.23. The van der Waals surface area contributed by atoms with Crippen LogP contribution in [0.2, 0.25) is 0 Å². The van der Waals surface area contributed by atoms with Gasteiger partial charge in [-0.3, -0.25) is 9.59 Å². The van der Waals surface area contributed by atoms with Gasteiger partial charge in [-0.15, -0.1) is 0 Å². The highest BCUT2D eigenvalue weighted by Crippen LogP contribution is 2.03. The van der Waals surface area contributed by atoms with Crippen LogP contribution in [0.4, 0.5) is 0 Å². The maximum absolute atomic E-state index is 11.0. The summed E-state index contributed by atoms with van der Waals surface area (Å²) in [6.45, 7) is 3.70. The van der Waals surface area contributed by atoms with Crippen LogP contribution in [-0.4, -0.2) is 23.7 Å². The number of carbonyl (C=O) groups is 2.